The molecule has 1 rings (SSSR count). The number of anilines is 1. The summed E-state index contributed by atoms with van der Waals surface area (Å²) in [7, 11) is 0. The van der Waals surface area contributed by atoms with Crippen molar-refractivity contribution in [3.63, 3.8) is 0 Å². The van der Waals surface area contributed by atoms with Gasteiger partial charge in [0.05, 0.1) is 13.2 Å². The molecule has 18 heavy (non-hydrogen) atoms. The molecule has 0 aliphatic carbocycles. The Morgan fingerprint density at radius 3 is 2.22 bits per heavy atom. The summed E-state index contributed by atoms with van der Waals surface area (Å²) in [5.74, 6) is -1.75. The average Bonchev–Trinajstić information content (AvgIpc) is 2.39. The Labute approximate surface area is 103 Å². The van der Waals surface area contributed by atoms with E-state index in [0.717, 1.165) is 4.90 Å². The molecule has 1 aromatic rings. The SMILES string of the molecule is O=C(Nc1ncccn1)C(=O)N(CCO)CCO. The molecule has 0 atom stereocenters. The zero-order chi connectivity index (χ0) is 13.4. The number of rotatable bonds is 5. The van der Waals surface area contributed by atoms with Gasteiger partial charge in [-0.3, -0.25) is 14.9 Å². The molecule has 2 amide bonds. The number of aliphatic hydroxyl groups is 2. The summed E-state index contributed by atoms with van der Waals surface area (Å²) in [5, 5.41) is 19.7. The molecule has 3 N–H and O–H groups in total. The fourth-order valence-corrected chi connectivity index (χ4v) is 1.22. The molecule has 8 nitrogen and oxygen atoms in total. The second-order valence-electron chi connectivity index (χ2n) is 3.27. The summed E-state index contributed by atoms with van der Waals surface area (Å²) in [4.78, 5) is 31.7. The van der Waals surface area contributed by atoms with Gasteiger partial charge in [-0.05, 0) is 6.07 Å². The predicted octanol–water partition coefficient (Wildman–Crippen LogP) is -1.77. The minimum Gasteiger partial charge on any atom is -0.395 e. The van der Waals surface area contributed by atoms with E-state index in [1.807, 2.05) is 0 Å². The van der Waals surface area contributed by atoms with Crippen LogP contribution in [0.5, 0.6) is 0 Å². The number of carbonyl (C=O) groups is 2. The van der Waals surface area contributed by atoms with Crippen LogP contribution in [-0.4, -0.2) is 63.2 Å². The summed E-state index contributed by atoms with van der Waals surface area (Å²) in [6, 6.07) is 1.57. The molecule has 1 heterocycles. The van der Waals surface area contributed by atoms with Crippen molar-refractivity contribution in [1.29, 1.82) is 0 Å². The van der Waals surface area contributed by atoms with Crippen LogP contribution in [0.1, 0.15) is 0 Å². The van der Waals surface area contributed by atoms with Gasteiger partial charge in [0.1, 0.15) is 0 Å². The van der Waals surface area contributed by atoms with Gasteiger partial charge in [0.25, 0.3) is 0 Å². The highest BCUT2D eigenvalue weighted by Crippen LogP contribution is 1.97. The standard InChI is InChI=1S/C10H14N4O4/c15-6-4-14(5-7-16)9(18)8(17)13-10-11-2-1-3-12-10/h1-3,15-16H,4-7H2,(H,11,12,13,17). The number of aromatic nitrogens is 2. The summed E-state index contributed by atoms with van der Waals surface area (Å²) in [6.45, 7) is -0.632. The largest absolute Gasteiger partial charge is 0.395 e. The van der Waals surface area contributed by atoms with Crippen molar-refractivity contribution in [2.45, 2.75) is 0 Å². The quantitative estimate of drug-likeness (QED) is 0.535. The lowest BCUT2D eigenvalue weighted by molar-refractivity contribution is -0.143. The summed E-state index contributed by atoms with van der Waals surface area (Å²) in [5.41, 5.74) is 0. The lowest BCUT2D eigenvalue weighted by Crippen LogP contribution is -2.42. The first-order valence-electron chi connectivity index (χ1n) is 5.28. The Hall–Kier alpha value is -2.06. The Kier molecular flexibility index (Phi) is 5.68. The minimum atomic E-state index is -0.914. The van der Waals surface area contributed by atoms with Crippen LogP contribution < -0.4 is 5.32 Å². The van der Waals surface area contributed by atoms with Gasteiger partial charge < -0.3 is 15.1 Å². The van der Waals surface area contributed by atoms with Crippen LogP contribution in [0.15, 0.2) is 18.5 Å². The van der Waals surface area contributed by atoms with Crippen LogP contribution >= 0.6 is 0 Å². The first-order chi connectivity index (χ1) is 8.69. The molecule has 1 aromatic heterocycles. The van der Waals surface area contributed by atoms with Crippen molar-refractivity contribution >= 4 is 17.8 Å². The number of carbonyl (C=O) groups excluding carboxylic acids is 2. The fraction of sp³-hybridized carbons (Fsp3) is 0.400. The molecule has 0 aliphatic heterocycles. The normalized spacial score (nSPS) is 9.89. The number of aliphatic hydroxyl groups excluding tert-OH is 2. The number of nitrogens with one attached hydrogen (secondary N) is 1. The molecule has 0 spiro atoms. The number of hydrogen-bond acceptors (Lipinski definition) is 6. The molecule has 0 aliphatic rings. The van der Waals surface area contributed by atoms with E-state index in [1.54, 1.807) is 6.07 Å². The smallest absolute Gasteiger partial charge is 0.316 e. The minimum absolute atomic E-state index is 0.0174. The van der Waals surface area contributed by atoms with Gasteiger partial charge >= 0.3 is 11.8 Å². The van der Waals surface area contributed by atoms with Crippen LogP contribution in [0.25, 0.3) is 0 Å². The van der Waals surface area contributed by atoms with Crippen molar-refractivity contribution in [3.8, 4) is 0 Å². The van der Waals surface area contributed by atoms with Crippen LogP contribution in [0.2, 0.25) is 0 Å². The van der Waals surface area contributed by atoms with Gasteiger partial charge in [-0.15, -0.1) is 0 Å². The van der Waals surface area contributed by atoms with E-state index in [0.29, 0.717) is 0 Å². The average molecular weight is 254 g/mol. The highest BCUT2D eigenvalue weighted by atomic mass is 16.3. The topological polar surface area (TPSA) is 116 Å². The van der Waals surface area contributed by atoms with Crippen LogP contribution in [0.4, 0.5) is 5.95 Å². The van der Waals surface area contributed by atoms with Crippen LogP contribution in [0, 0.1) is 0 Å². The highest BCUT2D eigenvalue weighted by molar-refractivity contribution is 6.39. The predicted molar refractivity (Wildman–Crippen MR) is 61.4 cm³/mol. The number of hydrogen-bond donors (Lipinski definition) is 3. The molecule has 0 saturated heterocycles. The molecule has 0 saturated carbocycles. The van der Waals surface area contributed by atoms with E-state index < -0.39 is 11.8 Å². The zero-order valence-corrected chi connectivity index (χ0v) is 9.61. The Morgan fingerprint density at radius 2 is 1.72 bits per heavy atom. The van der Waals surface area contributed by atoms with Crippen LogP contribution in [-0.2, 0) is 9.59 Å². The summed E-state index contributed by atoms with van der Waals surface area (Å²) in [6.07, 6.45) is 2.85. The molecule has 8 heteroatoms. The fourth-order valence-electron chi connectivity index (χ4n) is 1.22. The lowest BCUT2D eigenvalue weighted by Gasteiger charge is -2.19. The third-order valence-electron chi connectivity index (χ3n) is 2.01. The molecule has 0 bridgehead atoms. The highest BCUT2D eigenvalue weighted by Gasteiger charge is 2.21. The van der Waals surface area contributed by atoms with E-state index in [2.05, 4.69) is 15.3 Å². The van der Waals surface area contributed by atoms with Gasteiger partial charge in [0.2, 0.25) is 5.95 Å². The van der Waals surface area contributed by atoms with Gasteiger partial charge in [-0.25, -0.2) is 9.97 Å². The van der Waals surface area contributed by atoms with E-state index in [-0.39, 0.29) is 32.3 Å². The van der Waals surface area contributed by atoms with Gasteiger partial charge in [0.15, 0.2) is 0 Å². The molecular formula is C10H14N4O4. The van der Waals surface area contributed by atoms with Crippen molar-refractivity contribution in [2.75, 3.05) is 31.6 Å². The third kappa shape index (κ3) is 4.07. The lowest BCUT2D eigenvalue weighted by atomic mass is 10.4. The summed E-state index contributed by atoms with van der Waals surface area (Å²) < 4.78 is 0. The van der Waals surface area contributed by atoms with Gasteiger partial charge in [0, 0.05) is 25.5 Å². The molecule has 0 radical (unpaired) electrons. The first-order valence-corrected chi connectivity index (χ1v) is 5.28. The van der Waals surface area contributed by atoms with Gasteiger partial charge in [-0.2, -0.15) is 0 Å². The van der Waals surface area contributed by atoms with E-state index in [9.17, 15) is 9.59 Å². The van der Waals surface area contributed by atoms with E-state index in [4.69, 9.17) is 10.2 Å². The Morgan fingerprint density at radius 1 is 1.17 bits per heavy atom. The third-order valence-corrected chi connectivity index (χ3v) is 2.01. The maximum absolute atomic E-state index is 11.7. The second-order valence-corrected chi connectivity index (χ2v) is 3.27. The van der Waals surface area contributed by atoms with Crippen molar-refractivity contribution in [3.05, 3.63) is 18.5 Å². The molecule has 0 fully saturated rings. The Bertz CT molecular complexity index is 392. The van der Waals surface area contributed by atoms with E-state index >= 15 is 0 Å². The molecule has 98 valence electrons. The molecule has 0 unspecified atom stereocenters. The van der Waals surface area contributed by atoms with Crippen molar-refractivity contribution in [1.82, 2.24) is 14.9 Å². The molecular weight excluding hydrogens is 240 g/mol. The Balaban J connectivity index is 2.62. The van der Waals surface area contributed by atoms with Crippen LogP contribution in [0.3, 0.4) is 0 Å². The van der Waals surface area contributed by atoms with E-state index in [1.165, 1.54) is 12.4 Å². The molecule has 0 aromatic carbocycles. The second kappa shape index (κ2) is 7.30. The summed E-state index contributed by atoms with van der Waals surface area (Å²) >= 11 is 0. The van der Waals surface area contributed by atoms with Gasteiger partial charge in [-0.1, -0.05) is 0 Å². The first kappa shape index (κ1) is 14.0. The number of amides is 2. The maximum Gasteiger partial charge on any atom is 0.316 e. The monoisotopic (exact) mass is 254 g/mol. The van der Waals surface area contributed by atoms with Crippen molar-refractivity contribution in [2.24, 2.45) is 0 Å². The number of nitrogens with zero attached hydrogens (tertiary/aromatic N) is 3. The van der Waals surface area contributed by atoms with Crippen molar-refractivity contribution < 1.29 is 19.8 Å². The zero-order valence-electron chi connectivity index (χ0n) is 9.61. The maximum atomic E-state index is 11.7.